The molecule has 0 unspecified atom stereocenters. The van der Waals surface area contributed by atoms with Gasteiger partial charge in [0.15, 0.2) is 0 Å². The van der Waals surface area contributed by atoms with Gasteiger partial charge in [-0.3, -0.25) is 9.78 Å². The van der Waals surface area contributed by atoms with Crippen LogP contribution in [0.5, 0.6) is 0 Å². The monoisotopic (exact) mass is 318 g/mol. The van der Waals surface area contributed by atoms with E-state index in [0.29, 0.717) is 11.8 Å². The molecule has 1 saturated carbocycles. The lowest BCUT2D eigenvalue weighted by molar-refractivity contribution is -0.134. The third-order valence-corrected chi connectivity index (χ3v) is 6.01. The molecule has 1 saturated heterocycles. The molecule has 2 heterocycles. The zero-order valence-corrected chi connectivity index (χ0v) is 14.1. The van der Waals surface area contributed by atoms with Crippen molar-refractivity contribution in [3.05, 3.63) is 30.1 Å². The highest BCUT2D eigenvalue weighted by Gasteiger charge is 2.34. The molecule has 1 aliphatic carbocycles. The molecule has 1 aromatic rings. The first-order chi connectivity index (χ1) is 10.9. The summed E-state index contributed by atoms with van der Waals surface area (Å²) in [7, 11) is 0. The lowest BCUT2D eigenvalue weighted by atomic mass is 9.76. The number of hydrogen-bond acceptors (Lipinski definition) is 3. The second-order valence-electron chi connectivity index (χ2n) is 6.45. The molecule has 2 aliphatic rings. The highest BCUT2D eigenvalue weighted by molar-refractivity contribution is 7.99. The molecule has 22 heavy (non-hydrogen) atoms. The van der Waals surface area contributed by atoms with E-state index in [4.69, 9.17) is 0 Å². The second kappa shape index (κ2) is 8.00. The van der Waals surface area contributed by atoms with Crippen LogP contribution in [-0.4, -0.2) is 40.4 Å². The molecule has 1 aliphatic heterocycles. The lowest BCUT2D eigenvalue weighted by Crippen LogP contribution is -2.39. The van der Waals surface area contributed by atoms with Crippen LogP contribution in [0.4, 0.5) is 0 Å². The van der Waals surface area contributed by atoms with Crippen molar-refractivity contribution in [2.45, 2.75) is 44.4 Å². The minimum absolute atomic E-state index is 0.0251. The van der Waals surface area contributed by atoms with E-state index in [-0.39, 0.29) is 5.92 Å². The van der Waals surface area contributed by atoms with E-state index in [0.717, 1.165) is 30.8 Å². The summed E-state index contributed by atoms with van der Waals surface area (Å²) >= 11 is 1.97. The summed E-state index contributed by atoms with van der Waals surface area (Å²) in [5.74, 6) is 3.14. The summed E-state index contributed by atoms with van der Waals surface area (Å²) in [6.45, 7) is 1.84. The van der Waals surface area contributed by atoms with Gasteiger partial charge in [0.05, 0.1) is 5.92 Å². The first-order valence-electron chi connectivity index (χ1n) is 8.63. The number of thioether (sulfide) groups is 1. The smallest absolute Gasteiger partial charge is 0.230 e. The van der Waals surface area contributed by atoms with E-state index >= 15 is 0 Å². The van der Waals surface area contributed by atoms with Crippen LogP contribution in [0.1, 0.15) is 50.0 Å². The van der Waals surface area contributed by atoms with Crippen molar-refractivity contribution in [2.24, 2.45) is 5.92 Å². The Morgan fingerprint density at radius 1 is 1.18 bits per heavy atom. The Bertz CT molecular complexity index is 465. The number of nitrogens with zero attached hydrogens (tertiary/aromatic N) is 2. The van der Waals surface area contributed by atoms with Gasteiger partial charge in [0, 0.05) is 31.2 Å². The summed E-state index contributed by atoms with van der Waals surface area (Å²) in [4.78, 5) is 19.6. The number of hydrogen-bond donors (Lipinski definition) is 0. The molecule has 3 rings (SSSR count). The number of carbonyl (C=O) groups is 1. The predicted molar refractivity (Wildman–Crippen MR) is 92.1 cm³/mol. The molecule has 1 amide bonds. The Morgan fingerprint density at radius 3 is 2.82 bits per heavy atom. The van der Waals surface area contributed by atoms with Gasteiger partial charge < -0.3 is 4.90 Å². The van der Waals surface area contributed by atoms with Gasteiger partial charge in [-0.25, -0.2) is 0 Å². The van der Waals surface area contributed by atoms with Crippen LogP contribution in [0.15, 0.2) is 24.5 Å². The van der Waals surface area contributed by atoms with Crippen molar-refractivity contribution in [2.75, 3.05) is 24.6 Å². The van der Waals surface area contributed by atoms with Crippen LogP contribution in [0.2, 0.25) is 0 Å². The van der Waals surface area contributed by atoms with E-state index in [2.05, 4.69) is 16.0 Å². The maximum atomic E-state index is 13.2. The van der Waals surface area contributed by atoms with Crippen LogP contribution in [-0.2, 0) is 4.79 Å². The van der Waals surface area contributed by atoms with Crippen molar-refractivity contribution >= 4 is 17.7 Å². The van der Waals surface area contributed by atoms with Crippen LogP contribution < -0.4 is 0 Å². The van der Waals surface area contributed by atoms with Crippen molar-refractivity contribution in [1.82, 2.24) is 9.88 Å². The minimum atomic E-state index is 0.0251. The second-order valence-corrected chi connectivity index (χ2v) is 7.68. The summed E-state index contributed by atoms with van der Waals surface area (Å²) in [5.41, 5.74) is 1.12. The highest BCUT2D eigenvalue weighted by atomic mass is 32.2. The Morgan fingerprint density at radius 2 is 2.05 bits per heavy atom. The van der Waals surface area contributed by atoms with Crippen molar-refractivity contribution in [3.8, 4) is 0 Å². The first kappa shape index (κ1) is 15.9. The molecule has 120 valence electrons. The molecule has 0 radical (unpaired) electrons. The topological polar surface area (TPSA) is 33.2 Å². The van der Waals surface area contributed by atoms with Gasteiger partial charge in [0.2, 0.25) is 5.91 Å². The minimum Gasteiger partial charge on any atom is -0.341 e. The Kier molecular flexibility index (Phi) is 5.76. The van der Waals surface area contributed by atoms with Gasteiger partial charge >= 0.3 is 0 Å². The maximum Gasteiger partial charge on any atom is 0.230 e. The van der Waals surface area contributed by atoms with Crippen LogP contribution in [0.25, 0.3) is 0 Å². The van der Waals surface area contributed by atoms with E-state index < -0.39 is 0 Å². The maximum absolute atomic E-state index is 13.2. The molecule has 1 aromatic heterocycles. The number of pyridine rings is 1. The zero-order valence-electron chi connectivity index (χ0n) is 13.2. The normalized spacial score (nSPS) is 22.1. The highest BCUT2D eigenvalue weighted by Crippen LogP contribution is 2.37. The lowest BCUT2D eigenvalue weighted by Gasteiger charge is -2.33. The standard InChI is InChI=1S/C18H26N2OS/c21-18(20-10-5-12-22-13-11-20)17(15-6-2-1-3-7-15)16-8-4-9-19-14-16/h4,8-9,14-15,17H,1-3,5-7,10-13H2/t17-/m0/s1. The molecule has 1 atom stereocenters. The van der Waals surface area contributed by atoms with E-state index in [1.54, 1.807) is 6.20 Å². The van der Waals surface area contributed by atoms with Gasteiger partial charge in [0.25, 0.3) is 0 Å². The average Bonchev–Trinajstić information content (AvgIpc) is 2.86. The van der Waals surface area contributed by atoms with Crippen molar-refractivity contribution in [3.63, 3.8) is 0 Å². The Balaban J connectivity index is 1.81. The summed E-state index contributed by atoms with van der Waals surface area (Å²) in [6.07, 6.45) is 11.1. The molecular weight excluding hydrogens is 292 g/mol. The third-order valence-electron chi connectivity index (χ3n) is 4.96. The molecule has 0 N–H and O–H groups in total. The van der Waals surface area contributed by atoms with Gasteiger partial charge in [-0.15, -0.1) is 0 Å². The zero-order chi connectivity index (χ0) is 15.2. The third kappa shape index (κ3) is 3.83. The Hall–Kier alpha value is -1.03. The van der Waals surface area contributed by atoms with Crippen molar-refractivity contribution in [1.29, 1.82) is 0 Å². The van der Waals surface area contributed by atoms with E-state index in [1.807, 2.05) is 24.0 Å². The molecule has 0 aromatic carbocycles. The summed E-state index contributed by atoms with van der Waals surface area (Å²) < 4.78 is 0. The molecule has 2 fully saturated rings. The molecule has 3 nitrogen and oxygen atoms in total. The average molecular weight is 318 g/mol. The molecular formula is C18H26N2OS. The number of rotatable bonds is 3. The Labute approximate surface area is 137 Å². The number of amides is 1. The number of carbonyl (C=O) groups excluding carboxylic acids is 1. The SMILES string of the molecule is O=C([C@H](c1cccnc1)C1CCCCC1)N1CCCSCC1. The summed E-state index contributed by atoms with van der Waals surface area (Å²) in [5, 5.41) is 0. The molecule has 0 bridgehead atoms. The van der Waals surface area contributed by atoms with E-state index in [1.165, 1.54) is 37.9 Å². The largest absolute Gasteiger partial charge is 0.341 e. The van der Waals surface area contributed by atoms with Gasteiger partial charge in [-0.05, 0) is 42.6 Å². The van der Waals surface area contributed by atoms with E-state index in [9.17, 15) is 4.79 Å². The van der Waals surface area contributed by atoms with Gasteiger partial charge in [0.1, 0.15) is 0 Å². The van der Waals surface area contributed by atoms with Crippen molar-refractivity contribution < 1.29 is 4.79 Å². The summed E-state index contributed by atoms with van der Waals surface area (Å²) in [6, 6.07) is 4.06. The first-order valence-corrected chi connectivity index (χ1v) is 9.78. The van der Waals surface area contributed by atoms with Gasteiger partial charge in [-0.2, -0.15) is 11.8 Å². The fraction of sp³-hybridized carbons (Fsp3) is 0.667. The van der Waals surface area contributed by atoms with Gasteiger partial charge in [-0.1, -0.05) is 25.3 Å². The van der Waals surface area contributed by atoms with Crippen LogP contribution >= 0.6 is 11.8 Å². The van der Waals surface area contributed by atoms with Crippen LogP contribution in [0.3, 0.4) is 0 Å². The molecule has 4 heteroatoms. The predicted octanol–water partition coefficient (Wildman–Crippen LogP) is 3.71. The van der Waals surface area contributed by atoms with Crippen LogP contribution in [0, 0.1) is 5.92 Å². The molecule has 0 spiro atoms. The number of aromatic nitrogens is 1. The fourth-order valence-electron chi connectivity index (χ4n) is 3.81. The quantitative estimate of drug-likeness (QED) is 0.852. The fourth-order valence-corrected chi connectivity index (χ4v) is 4.69.